The minimum Gasteiger partial charge on any atom is -0.377 e. The molecule has 7 nitrogen and oxygen atoms in total. The van der Waals surface area contributed by atoms with Crippen LogP contribution in [-0.2, 0) is 18.9 Å². The summed E-state index contributed by atoms with van der Waals surface area (Å²) >= 11 is 0. The lowest BCUT2D eigenvalue weighted by molar-refractivity contribution is 0.00206. The molecular weight excluding hydrogens is 358 g/mol. The number of rotatable bonds is 2. The van der Waals surface area contributed by atoms with Gasteiger partial charge in [-0.05, 0) is 30.7 Å². The molecule has 0 spiro atoms. The van der Waals surface area contributed by atoms with E-state index in [9.17, 15) is 0 Å². The molecule has 1 saturated heterocycles. The number of ether oxygens (including phenoxy) is 4. The van der Waals surface area contributed by atoms with Crippen LogP contribution < -0.4 is 4.90 Å². The van der Waals surface area contributed by atoms with E-state index in [4.69, 9.17) is 18.9 Å². The van der Waals surface area contributed by atoms with Crippen LogP contribution in [0.3, 0.4) is 0 Å². The van der Waals surface area contributed by atoms with E-state index in [1.54, 1.807) is 0 Å². The maximum absolute atomic E-state index is 5.69. The fourth-order valence-electron chi connectivity index (χ4n) is 2.83. The lowest BCUT2D eigenvalue weighted by Gasteiger charge is -2.24. The molecule has 0 aliphatic carbocycles. The van der Waals surface area contributed by atoms with Crippen molar-refractivity contribution in [3.05, 3.63) is 42.2 Å². The Morgan fingerprint density at radius 1 is 0.643 bits per heavy atom. The summed E-state index contributed by atoms with van der Waals surface area (Å²) in [6, 6.07) is 8.12. The van der Waals surface area contributed by atoms with Crippen molar-refractivity contribution < 1.29 is 18.9 Å². The van der Waals surface area contributed by atoms with Crippen molar-refractivity contribution in [2.24, 2.45) is 0 Å². The van der Waals surface area contributed by atoms with Gasteiger partial charge in [-0.3, -0.25) is 9.97 Å². The van der Waals surface area contributed by atoms with Crippen molar-refractivity contribution in [2.45, 2.75) is 6.92 Å². The van der Waals surface area contributed by atoms with Crippen molar-refractivity contribution in [3.63, 3.8) is 0 Å². The Morgan fingerprint density at radius 3 is 1.61 bits per heavy atom. The fraction of sp³-hybridized carbons (Fsp3) is 0.524. The smallest absolute Gasteiger partial charge is 0.0887 e. The zero-order chi connectivity index (χ0) is 19.4. The van der Waals surface area contributed by atoms with Crippen LogP contribution in [0.1, 0.15) is 5.56 Å². The third kappa shape index (κ3) is 6.83. The van der Waals surface area contributed by atoms with Crippen molar-refractivity contribution in [3.8, 4) is 11.4 Å². The van der Waals surface area contributed by atoms with E-state index in [2.05, 4.69) is 20.9 Å². The van der Waals surface area contributed by atoms with Crippen LogP contribution in [0.4, 0.5) is 5.69 Å². The zero-order valence-electron chi connectivity index (χ0n) is 16.5. The van der Waals surface area contributed by atoms with Gasteiger partial charge in [-0.1, -0.05) is 6.07 Å². The molecule has 1 fully saturated rings. The molecule has 3 rings (SSSR count). The first-order valence-electron chi connectivity index (χ1n) is 9.78. The van der Waals surface area contributed by atoms with E-state index >= 15 is 0 Å². The average Bonchev–Trinajstić information content (AvgIpc) is 2.74. The van der Waals surface area contributed by atoms with E-state index in [0.29, 0.717) is 52.9 Å². The molecule has 0 unspecified atom stereocenters. The average molecular weight is 387 g/mol. The van der Waals surface area contributed by atoms with Gasteiger partial charge in [-0.15, -0.1) is 0 Å². The van der Waals surface area contributed by atoms with Gasteiger partial charge in [0.05, 0.1) is 76.1 Å². The molecule has 0 radical (unpaired) electrons. The monoisotopic (exact) mass is 387 g/mol. The number of aryl methyl sites for hydroxylation is 1. The van der Waals surface area contributed by atoms with Crippen molar-refractivity contribution in [1.29, 1.82) is 0 Å². The number of hydrogen-bond acceptors (Lipinski definition) is 7. The van der Waals surface area contributed by atoms with E-state index in [1.807, 2.05) is 37.5 Å². The molecule has 0 N–H and O–H groups in total. The molecule has 0 amide bonds. The number of hydrogen-bond donors (Lipinski definition) is 0. The SMILES string of the molecule is Cc1ccc(-c2ccc(N3CCOCCOCCOCCOCC3)cn2)nc1. The van der Waals surface area contributed by atoms with Crippen LogP contribution in [0.2, 0.25) is 0 Å². The van der Waals surface area contributed by atoms with Gasteiger partial charge < -0.3 is 23.8 Å². The predicted octanol–water partition coefficient (Wildman–Crippen LogP) is 2.34. The van der Waals surface area contributed by atoms with Crippen LogP contribution in [-0.4, -0.2) is 75.9 Å². The highest BCUT2D eigenvalue weighted by Gasteiger charge is 2.09. The summed E-state index contributed by atoms with van der Waals surface area (Å²) in [4.78, 5) is 11.3. The van der Waals surface area contributed by atoms with E-state index in [0.717, 1.165) is 35.7 Å². The van der Waals surface area contributed by atoms with Gasteiger partial charge in [0.15, 0.2) is 0 Å². The summed E-state index contributed by atoms with van der Waals surface area (Å²) in [5, 5.41) is 0. The predicted molar refractivity (Wildman–Crippen MR) is 108 cm³/mol. The highest BCUT2D eigenvalue weighted by molar-refractivity contribution is 5.57. The summed E-state index contributed by atoms with van der Waals surface area (Å²) in [7, 11) is 0. The number of pyridine rings is 2. The lowest BCUT2D eigenvalue weighted by atomic mass is 10.2. The van der Waals surface area contributed by atoms with E-state index < -0.39 is 0 Å². The van der Waals surface area contributed by atoms with Crippen molar-refractivity contribution >= 4 is 5.69 Å². The topological polar surface area (TPSA) is 65.9 Å². The second kappa shape index (κ2) is 11.7. The Hall–Kier alpha value is -2.06. The van der Waals surface area contributed by atoms with Gasteiger partial charge in [0.2, 0.25) is 0 Å². The van der Waals surface area contributed by atoms with Crippen molar-refractivity contribution in [1.82, 2.24) is 9.97 Å². The maximum atomic E-state index is 5.69. The third-order valence-electron chi connectivity index (χ3n) is 4.41. The largest absolute Gasteiger partial charge is 0.377 e. The second-order valence-electron chi connectivity index (χ2n) is 6.56. The zero-order valence-corrected chi connectivity index (χ0v) is 16.5. The van der Waals surface area contributed by atoms with E-state index in [1.165, 1.54) is 0 Å². The quantitative estimate of drug-likeness (QED) is 0.784. The molecular formula is C21H29N3O4. The number of nitrogens with zero attached hydrogens (tertiary/aromatic N) is 3. The summed E-state index contributed by atoms with van der Waals surface area (Å²) in [5.74, 6) is 0. The van der Waals surface area contributed by atoms with Crippen LogP contribution in [0.15, 0.2) is 36.7 Å². The second-order valence-corrected chi connectivity index (χ2v) is 6.56. The van der Waals surface area contributed by atoms with Gasteiger partial charge in [-0.2, -0.15) is 0 Å². The Morgan fingerprint density at radius 2 is 1.14 bits per heavy atom. The molecule has 0 atom stereocenters. The number of aromatic nitrogens is 2. The first kappa shape index (κ1) is 20.7. The molecule has 3 heterocycles. The number of anilines is 1. The van der Waals surface area contributed by atoms with Gasteiger partial charge in [0, 0.05) is 19.3 Å². The van der Waals surface area contributed by atoms with Crippen LogP contribution in [0, 0.1) is 6.92 Å². The summed E-state index contributed by atoms with van der Waals surface area (Å²) < 4.78 is 22.3. The third-order valence-corrected chi connectivity index (χ3v) is 4.41. The molecule has 152 valence electrons. The standard InChI is InChI=1S/C21H29N3O4/c1-18-2-4-20(22-16-18)21-5-3-19(17-23-21)24-6-8-25-10-12-27-14-15-28-13-11-26-9-7-24/h2-5,16-17H,6-15H2,1H3. The lowest BCUT2D eigenvalue weighted by Crippen LogP contribution is -2.31. The van der Waals surface area contributed by atoms with Crippen LogP contribution >= 0.6 is 0 Å². The highest BCUT2D eigenvalue weighted by atomic mass is 16.6. The van der Waals surface area contributed by atoms with Gasteiger partial charge >= 0.3 is 0 Å². The molecule has 2 aromatic heterocycles. The first-order valence-corrected chi connectivity index (χ1v) is 9.78. The maximum Gasteiger partial charge on any atom is 0.0887 e. The molecule has 28 heavy (non-hydrogen) atoms. The Bertz CT molecular complexity index is 663. The summed E-state index contributed by atoms with van der Waals surface area (Å²) in [6.07, 6.45) is 3.74. The van der Waals surface area contributed by atoms with E-state index in [-0.39, 0.29) is 0 Å². The van der Waals surface area contributed by atoms with Gasteiger partial charge in [0.1, 0.15) is 0 Å². The van der Waals surface area contributed by atoms with Gasteiger partial charge in [0.25, 0.3) is 0 Å². The Balaban J connectivity index is 1.61. The minimum atomic E-state index is 0.583. The Labute approximate surface area is 166 Å². The normalized spacial score (nSPS) is 18.2. The fourth-order valence-corrected chi connectivity index (χ4v) is 2.83. The molecule has 0 aromatic carbocycles. The van der Waals surface area contributed by atoms with Crippen molar-refractivity contribution in [2.75, 3.05) is 70.8 Å². The van der Waals surface area contributed by atoms with Crippen LogP contribution in [0.5, 0.6) is 0 Å². The summed E-state index contributed by atoms with van der Waals surface area (Å²) in [6.45, 7) is 8.32. The Kier molecular flexibility index (Phi) is 8.64. The molecule has 0 saturated carbocycles. The first-order chi connectivity index (χ1) is 13.8. The molecule has 7 heteroatoms. The summed E-state index contributed by atoms with van der Waals surface area (Å²) in [5.41, 5.74) is 3.92. The van der Waals surface area contributed by atoms with Crippen LogP contribution in [0.25, 0.3) is 11.4 Å². The molecule has 1 aliphatic rings. The minimum absolute atomic E-state index is 0.583. The highest BCUT2D eigenvalue weighted by Crippen LogP contribution is 2.19. The molecule has 0 bridgehead atoms. The molecule has 1 aliphatic heterocycles. The molecule has 2 aromatic rings. The van der Waals surface area contributed by atoms with Gasteiger partial charge in [-0.25, -0.2) is 0 Å².